The largest absolute Gasteiger partial charge is 0.251 e. The topological polar surface area (TPSA) is 30.7 Å². The summed E-state index contributed by atoms with van der Waals surface area (Å²) >= 11 is 0. The Hall–Kier alpha value is -2.16. The van der Waals surface area contributed by atoms with Gasteiger partial charge in [0.2, 0.25) is 0 Å². The Kier molecular flexibility index (Phi) is 5.42. The molecule has 3 aliphatic rings. The molecular formula is C29H39N3. The van der Waals surface area contributed by atoms with Crippen molar-refractivity contribution in [2.24, 2.45) is 28.6 Å². The molecule has 0 saturated heterocycles. The lowest BCUT2D eigenvalue weighted by atomic mass is 9.47. The molecule has 0 N–H and O–H groups in total. The van der Waals surface area contributed by atoms with Gasteiger partial charge in [0.05, 0.1) is 6.20 Å². The molecule has 1 saturated carbocycles. The van der Waals surface area contributed by atoms with E-state index in [2.05, 4.69) is 92.2 Å². The first-order valence-electron chi connectivity index (χ1n) is 12.7. The Bertz CT molecular complexity index is 1040. The summed E-state index contributed by atoms with van der Waals surface area (Å²) in [5, 5.41) is 9.08. The van der Waals surface area contributed by atoms with Gasteiger partial charge in [-0.15, -0.1) is 5.10 Å². The van der Waals surface area contributed by atoms with Crippen LogP contribution >= 0.6 is 0 Å². The molecule has 0 aliphatic heterocycles. The number of aryl methyl sites for hydroxylation is 1. The first kappa shape index (κ1) is 21.7. The van der Waals surface area contributed by atoms with E-state index >= 15 is 0 Å². The van der Waals surface area contributed by atoms with E-state index in [1.165, 1.54) is 44.1 Å². The van der Waals surface area contributed by atoms with Crippen LogP contribution in [-0.2, 0) is 6.54 Å². The SMILES string of the molecule is Cc1ccc(-c2cn(C[C@]3(C)CCC[C@]4(C)C5CCC(C(C)C)=CC5=CCC34)nn2)cc1. The molecule has 3 heteroatoms. The molecule has 1 fully saturated rings. The third kappa shape index (κ3) is 3.68. The fourth-order valence-corrected chi connectivity index (χ4v) is 7.27. The lowest BCUT2D eigenvalue weighted by molar-refractivity contribution is -0.0588. The standard InChI is InChI=1S/C29H39N3/c1-20(2)23-11-13-25-24(17-23)12-14-27-28(4,15-6-16-29(25,27)5)19-32-18-26(30-31-32)22-9-7-21(3)8-10-22/h7-10,12,17-18,20,25,27H,6,11,13-16,19H2,1-5H3/t25?,27?,28-,29+/m0/s1. The van der Waals surface area contributed by atoms with Crippen LogP contribution in [0.25, 0.3) is 11.3 Å². The minimum absolute atomic E-state index is 0.259. The van der Waals surface area contributed by atoms with Gasteiger partial charge in [0.25, 0.3) is 0 Å². The van der Waals surface area contributed by atoms with Crippen LogP contribution in [-0.4, -0.2) is 15.0 Å². The molecule has 0 bridgehead atoms. The highest BCUT2D eigenvalue weighted by atomic mass is 15.4. The Morgan fingerprint density at radius 2 is 1.91 bits per heavy atom. The predicted octanol–water partition coefficient (Wildman–Crippen LogP) is 7.39. The lowest BCUT2D eigenvalue weighted by Gasteiger charge is -2.58. The highest BCUT2D eigenvalue weighted by molar-refractivity contribution is 5.57. The number of hydrogen-bond donors (Lipinski definition) is 0. The van der Waals surface area contributed by atoms with Crippen molar-refractivity contribution in [3.63, 3.8) is 0 Å². The van der Waals surface area contributed by atoms with Gasteiger partial charge in [0.1, 0.15) is 5.69 Å². The minimum atomic E-state index is 0.259. The van der Waals surface area contributed by atoms with Crippen LogP contribution in [0.4, 0.5) is 0 Å². The molecule has 5 rings (SSSR count). The molecule has 4 atom stereocenters. The summed E-state index contributed by atoms with van der Waals surface area (Å²) < 4.78 is 2.12. The fourth-order valence-electron chi connectivity index (χ4n) is 7.27. The predicted molar refractivity (Wildman–Crippen MR) is 132 cm³/mol. The number of allylic oxidation sites excluding steroid dienone is 4. The molecule has 1 aromatic carbocycles. The van der Waals surface area contributed by atoms with Crippen LogP contribution in [0.3, 0.4) is 0 Å². The number of benzene rings is 1. The summed E-state index contributed by atoms with van der Waals surface area (Å²) in [5.74, 6) is 2.11. The van der Waals surface area contributed by atoms with Crippen LogP contribution in [0.1, 0.15) is 71.8 Å². The zero-order valence-electron chi connectivity index (χ0n) is 20.6. The van der Waals surface area contributed by atoms with Crippen LogP contribution in [0.5, 0.6) is 0 Å². The van der Waals surface area contributed by atoms with Crippen LogP contribution < -0.4 is 0 Å². The van der Waals surface area contributed by atoms with Gasteiger partial charge in [-0.3, -0.25) is 4.68 Å². The van der Waals surface area contributed by atoms with Crippen molar-refractivity contribution in [2.75, 3.05) is 0 Å². The maximum atomic E-state index is 4.57. The number of rotatable bonds is 4. The Morgan fingerprint density at radius 3 is 2.66 bits per heavy atom. The lowest BCUT2D eigenvalue weighted by Crippen LogP contribution is -2.51. The molecule has 1 heterocycles. The van der Waals surface area contributed by atoms with E-state index in [0.717, 1.165) is 23.7 Å². The Labute approximate surface area is 194 Å². The first-order chi connectivity index (χ1) is 15.3. The number of hydrogen-bond acceptors (Lipinski definition) is 2. The molecule has 0 amide bonds. The van der Waals surface area contributed by atoms with Crippen molar-refractivity contribution in [3.8, 4) is 11.3 Å². The number of aromatic nitrogens is 3. The molecule has 0 spiro atoms. The number of nitrogens with zero attached hydrogens (tertiary/aromatic N) is 3. The molecule has 3 aliphatic carbocycles. The maximum Gasteiger partial charge on any atom is 0.113 e. The fraction of sp³-hybridized carbons (Fsp3) is 0.586. The van der Waals surface area contributed by atoms with Crippen LogP contribution in [0, 0.1) is 35.5 Å². The Balaban J connectivity index is 1.41. The third-order valence-corrected chi connectivity index (χ3v) is 9.11. The van der Waals surface area contributed by atoms with E-state index in [-0.39, 0.29) is 5.41 Å². The third-order valence-electron chi connectivity index (χ3n) is 9.11. The minimum Gasteiger partial charge on any atom is -0.251 e. The van der Waals surface area contributed by atoms with Crippen LogP contribution in [0.15, 0.2) is 53.8 Å². The maximum absolute atomic E-state index is 4.57. The van der Waals surface area contributed by atoms with Crippen molar-refractivity contribution < 1.29 is 0 Å². The smallest absolute Gasteiger partial charge is 0.113 e. The summed E-state index contributed by atoms with van der Waals surface area (Å²) in [6.45, 7) is 12.9. The van der Waals surface area contributed by atoms with E-state index < -0.39 is 0 Å². The van der Waals surface area contributed by atoms with E-state index in [4.69, 9.17) is 0 Å². The average Bonchev–Trinajstić information content (AvgIpc) is 3.21. The first-order valence-corrected chi connectivity index (χ1v) is 12.7. The molecule has 2 aromatic rings. The highest BCUT2D eigenvalue weighted by Crippen LogP contribution is 2.62. The van der Waals surface area contributed by atoms with Crippen molar-refractivity contribution in [2.45, 2.75) is 79.7 Å². The second kappa shape index (κ2) is 8.01. The summed E-state index contributed by atoms with van der Waals surface area (Å²) in [7, 11) is 0. The second-order valence-corrected chi connectivity index (χ2v) is 11.6. The quantitative estimate of drug-likeness (QED) is 0.507. The Morgan fingerprint density at radius 1 is 1.12 bits per heavy atom. The van der Waals surface area contributed by atoms with Gasteiger partial charge in [-0.05, 0) is 73.2 Å². The molecule has 2 unspecified atom stereocenters. The monoisotopic (exact) mass is 429 g/mol. The van der Waals surface area contributed by atoms with Crippen molar-refractivity contribution >= 4 is 0 Å². The second-order valence-electron chi connectivity index (χ2n) is 11.6. The van der Waals surface area contributed by atoms with Gasteiger partial charge < -0.3 is 0 Å². The number of fused-ring (bicyclic) bond motifs is 3. The zero-order valence-corrected chi connectivity index (χ0v) is 20.6. The molecule has 3 nitrogen and oxygen atoms in total. The molecule has 170 valence electrons. The van der Waals surface area contributed by atoms with E-state index in [1.807, 2.05) is 0 Å². The van der Waals surface area contributed by atoms with Gasteiger partial charge >= 0.3 is 0 Å². The van der Waals surface area contributed by atoms with Gasteiger partial charge in [-0.25, -0.2) is 0 Å². The molecule has 0 radical (unpaired) electrons. The van der Waals surface area contributed by atoms with E-state index in [0.29, 0.717) is 17.3 Å². The van der Waals surface area contributed by atoms with Crippen molar-refractivity contribution in [3.05, 3.63) is 59.3 Å². The summed E-state index contributed by atoms with van der Waals surface area (Å²) in [5.41, 5.74) is 7.37. The van der Waals surface area contributed by atoms with Crippen molar-refractivity contribution in [1.82, 2.24) is 15.0 Å². The van der Waals surface area contributed by atoms with E-state index in [9.17, 15) is 0 Å². The zero-order chi connectivity index (χ0) is 22.5. The average molecular weight is 430 g/mol. The van der Waals surface area contributed by atoms with Crippen LogP contribution in [0.2, 0.25) is 0 Å². The highest BCUT2D eigenvalue weighted by Gasteiger charge is 2.54. The summed E-state index contributed by atoms with van der Waals surface area (Å²) in [6.07, 6.45) is 15.1. The summed E-state index contributed by atoms with van der Waals surface area (Å²) in [4.78, 5) is 0. The molecule has 32 heavy (non-hydrogen) atoms. The van der Waals surface area contributed by atoms with Crippen molar-refractivity contribution in [1.29, 1.82) is 0 Å². The molecule has 1 aromatic heterocycles. The van der Waals surface area contributed by atoms with Gasteiger partial charge in [0.15, 0.2) is 0 Å². The van der Waals surface area contributed by atoms with E-state index in [1.54, 1.807) is 11.1 Å². The normalized spacial score (nSPS) is 32.2. The van der Waals surface area contributed by atoms with Gasteiger partial charge in [-0.1, -0.05) is 86.9 Å². The van der Waals surface area contributed by atoms with Gasteiger partial charge in [0, 0.05) is 12.1 Å². The summed E-state index contributed by atoms with van der Waals surface area (Å²) in [6, 6.07) is 8.60. The van der Waals surface area contributed by atoms with Gasteiger partial charge in [-0.2, -0.15) is 0 Å². The molecular weight excluding hydrogens is 390 g/mol.